The molecule has 1 rings (SSSR count). The average molecular weight is 304 g/mol. The fourth-order valence-corrected chi connectivity index (χ4v) is 1.87. The zero-order chi connectivity index (χ0) is 16.8. The fourth-order valence-electron chi connectivity index (χ4n) is 1.87. The van der Waals surface area contributed by atoms with Gasteiger partial charge in [-0.1, -0.05) is 39.5 Å². The van der Waals surface area contributed by atoms with E-state index in [1.165, 1.54) is 6.08 Å². The van der Waals surface area contributed by atoms with Crippen LogP contribution < -0.4 is 10.6 Å². The quantitative estimate of drug-likeness (QED) is 0.702. The van der Waals surface area contributed by atoms with Gasteiger partial charge in [-0.3, -0.25) is 9.59 Å². The number of aliphatic hydroxyl groups is 1. The van der Waals surface area contributed by atoms with Crippen molar-refractivity contribution in [2.45, 2.75) is 33.2 Å². The molecule has 22 heavy (non-hydrogen) atoms. The molecule has 0 aliphatic carbocycles. The number of amides is 2. The minimum Gasteiger partial charge on any atom is -0.394 e. The van der Waals surface area contributed by atoms with Crippen LogP contribution in [-0.2, 0) is 16.0 Å². The van der Waals surface area contributed by atoms with Crippen molar-refractivity contribution in [3.05, 3.63) is 42.5 Å². The minimum absolute atomic E-state index is 0.0955. The molecule has 1 unspecified atom stereocenters. The summed E-state index contributed by atoms with van der Waals surface area (Å²) >= 11 is 0. The molecule has 5 nitrogen and oxygen atoms in total. The Kier molecular flexibility index (Phi) is 6.31. The lowest BCUT2D eigenvalue weighted by Gasteiger charge is -2.29. The standard InChI is InChI=1S/C17H24N2O3/c1-5-15(21)18-13-8-6-12(7-9-13)10-16(22)19-14(11-20)17(2,3)4/h5-9,14,20H,1,10-11H2,2-4H3,(H,18,21)(H,19,22). The van der Waals surface area contributed by atoms with Gasteiger partial charge in [0.15, 0.2) is 0 Å². The molecular weight excluding hydrogens is 280 g/mol. The molecule has 0 heterocycles. The van der Waals surface area contributed by atoms with E-state index in [4.69, 9.17) is 0 Å². The molecule has 0 saturated heterocycles. The molecule has 3 N–H and O–H groups in total. The first-order valence-corrected chi connectivity index (χ1v) is 7.19. The monoisotopic (exact) mass is 304 g/mol. The molecule has 0 aromatic heterocycles. The van der Waals surface area contributed by atoms with Gasteiger partial charge < -0.3 is 15.7 Å². The molecule has 1 atom stereocenters. The van der Waals surface area contributed by atoms with Gasteiger partial charge in [-0.25, -0.2) is 0 Å². The third-order valence-corrected chi connectivity index (χ3v) is 3.33. The molecule has 120 valence electrons. The van der Waals surface area contributed by atoms with Crippen LogP contribution in [0.4, 0.5) is 5.69 Å². The molecule has 1 aromatic rings. The predicted molar refractivity (Wildman–Crippen MR) is 87.4 cm³/mol. The van der Waals surface area contributed by atoms with Gasteiger partial charge in [-0.15, -0.1) is 0 Å². The second-order valence-electron chi connectivity index (χ2n) is 6.24. The van der Waals surface area contributed by atoms with Crippen molar-refractivity contribution in [3.8, 4) is 0 Å². The second kappa shape index (κ2) is 7.75. The number of nitrogens with one attached hydrogen (secondary N) is 2. The Morgan fingerprint density at radius 1 is 1.27 bits per heavy atom. The molecule has 0 bridgehead atoms. The molecule has 0 aliphatic rings. The maximum absolute atomic E-state index is 12.0. The van der Waals surface area contributed by atoms with Gasteiger partial charge in [0, 0.05) is 5.69 Å². The van der Waals surface area contributed by atoms with Gasteiger partial charge >= 0.3 is 0 Å². The summed E-state index contributed by atoms with van der Waals surface area (Å²) in [5, 5.41) is 14.8. The Balaban J connectivity index is 2.61. The van der Waals surface area contributed by atoms with Gasteiger partial charge in [-0.05, 0) is 29.2 Å². The number of benzene rings is 1. The smallest absolute Gasteiger partial charge is 0.247 e. The number of hydrogen-bond donors (Lipinski definition) is 3. The van der Waals surface area contributed by atoms with Gasteiger partial charge in [-0.2, -0.15) is 0 Å². The van der Waals surface area contributed by atoms with Crippen molar-refractivity contribution in [1.82, 2.24) is 5.32 Å². The van der Waals surface area contributed by atoms with Gasteiger partial charge in [0.05, 0.1) is 19.1 Å². The second-order valence-corrected chi connectivity index (χ2v) is 6.24. The molecule has 0 saturated carbocycles. The summed E-state index contributed by atoms with van der Waals surface area (Å²) in [4.78, 5) is 23.2. The zero-order valence-corrected chi connectivity index (χ0v) is 13.3. The van der Waals surface area contributed by atoms with Crippen molar-refractivity contribution in [3.63, 3.8) is 0 Å². The number of rotatable bonds is 6. The molecule has 5 heteroatoms. The Morgan fingerprint density at radius 2 is 1.86 bits per heavy atom. The first-order valence-electron chi connectivity index (χ1n) is 7.19. The van der Waals surface area contributed by atoms with E-state index < -0.39 is 0 Å². The van der Waals surface area contributed by atoms with E-state index in [0.29, 0.717) is 5.69 Å². The first kappa shape index (κ1) is 17.9. The van der Waals surface area contributed by atoms with Crippen molar-refractivity contribution in [2.24, 2.45) is 5.41 Å². The number of carbonyl (C=O) groups excluding carboxylic acids is 2. The molecule has 0 aliphatic heterocycles. The van der Waals surface area contributed by atoms with Crippen LogP contribution in [0.2, 0.25) is 0 Å². The Morgan fingerprint density at radius 3 is 2.32 bits per heavy atom. The van der Waals surface area contributed by atoms with E-state index >= 15 is 0 Å². The lowest BCUT2D eigenvalue weighted by molar-refractivity contribution is -0.122. The summed E-state index contributed by atoms with van der Waals surface area (Å²) in [5.41, 5.74) is 1.28. The van der Waals surface area contributed by atoms with Gasteiger partial charge in [0.25, 0.3) is 0 Å². The van der Waals surface area contributed by atoms with E-state index in [9.17, 15) is 14.7 Å². The number of aliphatic hydroxyl groups excluding tert-OH is 1. The zero-order valence-electron chi connectivity index (χ0n) is 13.3. The van der Waals surface area contributed by atoms with E-state index in [1.807, 2.05) is 20.8 Å². The van der Waals surface area contributed by atoms with E-state index in [1.54, 1.807) is 24.3 Å². The largest absolute Gasteiger partial charge is 0.394 e. The van der Waals surface area contributed by atoms with Crippen LogP contribution >= 0.6 is 0 Å². The van der Waals surface area contributed by atoms with Crippen LogP contribution in [0.5, 0.6) is 0 Å². The molecule has 1 aromatic carbocycles. The first-order chi connectivity index (χ1) is 10.3. The number of carbonyl (C=O) groups is 2. The van der Waals surface area contributed by atoms with Crippen molar-refractivity contribution >= 4 is 17.5 Å². The lowest BCUT2D eigenvalue weighted by atomic mass is 9.87. The van der Waals surface area contributed by atoms with Crippen LogP contribution in [0.15, 0.2) is 36.9 Å². The molecule has 2 amide bonds. The fraction of sp³-hybridized carbons (Fsp3) is 0.412. The highest BCUT2D eigenvalue weighted by Gasteiger charge is 2.25. The van der Waals surface area contributed by atoms with Crippen LogP contribution in [-0.4, -0.2) is 29.6 Å². The van der Waals surface area contributed by atoms with E-state index in [-0.39, 0.29) is 36.3 Å². The third kappa shape index (κ3) is 5.69. The SMILES string of the molecule is C=CC(=O)Nc1ccc(CC(=O)NC(CO)C(C)(C)C)cc1. The van der Waals surface area contributed by atoms with E-state index in [2.05, 4.69) is 17.2 Å². The highest BCUT2D eigenvalue weighted by Crippen LogP contribution is 2.19. The van der Waals surface area contributed by atoms with Gasteiger partial charge in [0.2, 0.25) is 11.8 Å². The molecule has 0 fully saturated rings. The lowest BCUT2D eigenvalue weighted by Crippen LogP contribution is -2.46. The maximum atomic E-state index is 12.0. The Bertz CT molecular complexity index is 530. The Labute approximate surface area is 131 Å². The van der Waals surface area contributed by atoms with Crippen LogP contribution in [0.1, 0.15) is 26.3 Å². The number of anilines is 1. The predicted octanol–water partition coefficient (Wildman–Crippen LogP) is 1.88. The van der Waals surface area contributed by atoms with Gasteiger partial charge in [0.1, 0.15) is 0 Å². The van der Waals surface area contributed by atoms with Crippen LogP contribution in [0, 0.1) is 5.41 Å². The van der Waals surface area contributed by atoms with E-state index in [0.717, 1.165) is 5.56 Å². The summed E-state index contributed by atoms with van der Waals surface area (Å²) in [6, 6.07) is 6.74. The van der Waals surface area contributed by atoms with Crippen LogP contribution in [0.25, 0.3) is 0 Å². The summed E-state index contributed by atoms with van der Waals surface area (Å²) in [7, 11) is 0. The molecule has 0 radical (unpaired) electrons. The van der Waals surface area contributed by atoms with Crippen molar-refractivity contribution < 1.29 is 14.7 Å². The third-order valence-electron chi connectivity index (χ3n) is 3.33. The summed E-state index contributed by atoms with van der Waals surface area (Å²) in [6.07, 6.45) is 1.42. The summed E-state index contributed by atoms with van der Waals surface area (Å²) in [5.74, 6) is -0.418. The topological polar surface area (TPSA) is 78.4 Å². The van der Waals surface area contributed by atoms with Crippen LogP contribution in [0.3, 0.4) is 0 Å². The summed E-state index contributed by atoms with van der Waals surface area (Å²) in [6.45, 7) is 9.18. The van der Waals surface area contributed by atoms with Crippen molar-refractivity contribution in [2.75, 3.05) is 11.9 Å². The highest BCUT2D eigenvalue weighted by atomic mass is 16.3. The normalized spacial score (nSPS) is 12.4. The Hall–Kier alpha value is -2.14. The maximum Gasteiger partial charge on any atom is 0.247 e. The number of hydrogen-bond acceptors (Lipinski definition) is 3. The summed E-state index contributed by atoms with van der Waals surface area (Å²) < 4.78 is 0. The van der Waals surface area contributed by atoms with Crippen molar-refractivity contribution in [1.29, 1.82) is 0 Å². The minimum atomic E-state index is -0.286. The average Bonchev–Trinajstić information content (AvgIpc) is 2.45. The molecular formula is C17H24N2O3. The highest BCUT2D eigenvalue weighted by molar-refractivity contribution is 5.98. The molecule has 0 spiro atoms.